The van der Waals surface area contributed by atoms with Crippen molar-refractivity contribution >= 4 is 22.4 Å². The molecule has 1 amide bonds. The van der Waals surface area contributed by atoms with Crippen LogP contribution >= 0.6 is 11.3 Å². The molecule has 1 aromatic carbocycles. The number of rotatable bonds is 4. The highest BCUT2D eigenvalue weighted by atomic mass is 32.1. The minimum absolute atomic E-state index is 0.0965. The van der Waals surface area contributed by atoms with Crippen molar-refractivity contribution in [1.82, 2.24) is 10.2 Å². The maximum atomic E-state index is 12.2. The molecule has 0 atom stereocenters. The van der Waals surface area contributed by atoms with Crippen LogP contribution in [0.1, 0.15) is 42.2 Å². The minimum atomic E-state index is -0.0965. The van der Waals surface area contributed by atoms with E-state index in [-0.39, 0.29) is 12.3 Å². The standard InChI is InChI=1S/C17H19N3O3S/c21-15(18-17-20-19-16(24-17)12-3-1-4-12)10-11-5-6-13-14(9-11)23-8-2-7-22-13/h5-6,9,12H,1-4,7-8,10H2,(H,18,20,21). The topological polar surface area (TPSA) is 73.3 Å². The van der Waals surface area contributed by atoms with Gasteiger partial charge in [0.2, 0.25) is 11.0 Å². The lowest BCUT2D eigenvalue weighted by molar-refractivity contribution is -0.115. The number of nitrogens with zero attached hydrogens (tertiary/aromatic N) is 2. The molecule has 0 bridgehead atoms. The molecule has 1 N–H and O–H groups in total. The van der Waals surface area contributed by atoms with Crippen LogP contribution in [0.2, 0.25) is 0 Å². The van der Waals surface area contributed by atoms with E-state index in [4.69, 9.17) is 9.47 Å². The van der Waals surface area contributed by atoms with E-state index in [2.05, 4.69) is 15.5 Å². The van der Waals surface area contributed by atoms with Crippen molar-refractivity contribution in [3.8, 4) is 11.5 Å². The Hall–Kier alpha value is -2.15. The van der Waals surface area contributed by atoms with E-state index in [1.165, 1.54) is 30.6 Å². The molecule has 1 saturated carbocycles. The Bertz CT molecular complexity index is 742. The molecule has 1 aliphatic heterocycles. The number of carbonyl (C=O) groups excluding carboxylic acids is 1. The van der Waals surface area contributed by atoms with E-state index in [0.29, 0.717) is 30.0 Å². The van der Waals surface area contributed by atoms with Gasteiger partial charge in [-0.15, -0.1) is 10.2 Å². The Labute approximate surface area is 144 Å². The van der Waals surface area contributed by atoms with Crippen LogP contribution in [0.25, 0.3) is 0 Å². The van der Waals surface area contributed by atoms with Gasteiger partial charge in [-0.05, 0) is 30.5 Å². The average molecular weight is 345 g/mol. The van der Waals surface area contributed by atoms with E-state index in [1.807, 2.05) is 18.2 Å². The Kier molecular flexibility index (Phi) is 4.34. The largest absolute Gasteiger partial charge is 0.490 e. The molecule has 1 aromatic heterocycles. The normalized spacial score (nSPS) is 17.0. The first-order valence-corrected chi connectivity index (χ1v) is 9.11. The minimum Gasteiger partial charge on any atom is -0.490 e. The number of aromatic nitrogens is 2. The molecule has 1 aliphatic carbocycles. The van der Waals surface area contributed by atoms with Crippen LogP contribution in [-0.2, 0) is 11.2 Å². The Balaban J connectivity index is 1.38. The van der Waals surface area contributed by atoms with Gasteiger partial charge in [-0.25, -0.2) is 0 Å². The lowest BCUT2D eigenvalue weighted by Gasteiger charge is -2.21. The number of fused-ring (bicyclic) bond motifs is 1. The van der Waals surface area contributed by atoms with Gasteiger partial charge >= 0.3 is 0 Å². The zero-order valence-corrected chi connectivity index (χ0v) is 14.1. The van der Waals surface area contributed by atoms with Gasteiger partial charge in [0.15, 0.2) is 11.5 Å². The van der Waals surface area contributed by atoms with Crippen LogP contribution in [0, 0.1) is 0 Å². The predicted octanol–water partition coefficient (Wildman–Crippen LogP) is 3.15. The molecule has 126 valence electrons. The summed E-state index contributed by atoms with van der Waals surface area (Å²) >= 11 is 1.48. The second kappa shape index (κ2) is 6.76. The van der Waals surface area contributed by atoms with Crippen LogP contribution in [0.5, 0.6) is 11.5 Å². The third-order valence-electron chi connectivity index (χ3n) is 4.32. The zero-order chi connectivity index (χ0) is 16.4. The second-order valence-corrected chi connectivity index (χ2v) is 7.14. The number of carbonyl (C=O) groups is 1. The molecule has 4 rings (SSSR count). The number of amides is 1. The third kappa shape index (κ3) is 3.36. The molecule has 0 unspecified atom stereocenters. The Morgan fingerprint density at radius 2 is 2.00 bits per heavy atom. The highest BCUT2D eigenvalue weighted by Crippen LogP contribution is 2.38. The Morgan fingerprint density at radius 3 is 2.79 bits per heavy atom. The molecule has 0 spiro atoms. The molecule has 24 heavy (non-hydrogen) atoms. The van der Waals surface area contributed by atoms with Gasteiger partial charge in [0.25, 0.3) is 0 Å². The van der Waals surface area contributed by atoms with Gasteiger partial charge < -0.3 is 14.8 Å². The van der Waals surface area contributed by atoms with Gasteiger partial charge in [-0.1, -0.05) is 23.8 Å². The van der Waals surface area contributed by atoms with Crippen molar-refractivity contribution in [3.05, 3.63) is 28.8 Å². The summed E-state index contributed by atoms with van der Waals surface area (Å²) in [5.74, 6) is 1.89. The number of anilines is 1. The molecule has 2 aliphatic rings. The van der Waals surface area contributed by atoms with E-state index < -0.39 is 0 Å². The highest BCUT2D eigenvalue weighted by molar-refractivity contribution is 7.15. The van der Waals surface area contributed by atoms with Crippen molar-refractivity contribution in [1.29, 1.82) is 0 Å². The van der Waals surface area contributed by atoms with E-state index in [1.54, 1.807) is 0 Å². The van der Waals surface area contributed by atoms with Crippen molar-refractivity contribution in [2.45, 2.75) is 38.0 Å². The van der Waals surface area contributed by atoms with Gasteiger partial charge in [0.1, 0.15) is 5.01 Å². The molecule has 0 radical (unpaired) electrons. The van der Waals surface area contributed by atoms with Gasteiger partial charge in [-0.3, -0.25) is 4.79 Å². The van der Waals surface area contributed by atoms with Crippen LogP contribution in [0.15, 0.2) is 18.2 Å². The number of benzene rings is 1. The predicted molar refractivity (Wildman–Crippen MR) is 90.9 cm³/mol. The number of hydrogen-bond acceptors (Lipinski definition) is 6. The van der Waals surface area contributed by atoms with Gasteiger partial charge in [0.05, 0.1) is 19.6 Å². The smallest absolute Gasteiger partial charge is 0.230 e. The van der Waals surface area contributed by atoms with Crippen LogP contribution in [0.3, 0.4) is 0 Å². The van der Waals surface area contributed by atoms with Crippen molar-refractivity contribution < 1.29 is 14.3 Å². The number of nitrogens with one attached hydrogen (secondary N) is 1. The summed E-state index contributed by atoms with van der Waals surface area (Å²) < 4.78 is 11.3. The average Bonchev–Trinajstić information content (AvgIpc) is 2.81. The monoisotopic (exact) mass is 345 g/mol. The first kappa shape index (κ1) is 15.4. The molecule has 2 aromatic rings. The third-order valence-corrected chi connectivity index (χ3v) is 5.32. The fourth-order valence-electron chi connectivity index (χ4n) is 2.77. The summed E-state index contributed by atoms with van der Waals surface area (Å²) in [6.07, 6.45) is 4.76. The van der Waals surface area contributed by atoms with Gasteiger partial charge in [-0.2, -0.15) is 0 Å². The summed E-state index contributed by atoms with van der Waals surface area (Å²) in [6, 6.07) is 5.63. The summed E-state index contributed by atoms with van der Waals surface area (Å²) in [4.78, 5) is 12.2. The molecular formula is C17H19N3O3S. The number of ether oxygens (including phenoxy) is 2. The van der Waals surface area contributed by atoms with E-state index in [9.17, 15) is 4.79 Å². The number of hydrogen-bond donors (Lipinski definition) is 1. The summed E-state index contributed by atoms with van der Waals surface area (Å²) in [7, 11) is 0. The SMILES string of the molecule is O=C(Cc1ccc2c(c1)OCCCO2)Nc1nnc(C2CCC2)s1. The quantitative estimate of drug-likeness (QED) is 0.921. The summed E-state index contributed by atoms with van der Waals surface area (Å²) in [6.45, 7) is 1.30. The van der Waals surface area contributed by atoms with Crippen LogP contribution in [-0.4, -0.2) is 29.3 Å². The maximum Gasteiger partial charge on any atom is 0.230 e. The molecule has 1 fully saturated rings. The first-order chi connectivity index (χ1) is 11.8. The van der Waals surface area contributed by atoms with Crippen molar-refractivity contribution in [2.75, 3.05) is 18.5 Å². The second-order valence-electron chi connectivity index (χ2n) is 6.13. The fourth-order valence-corrected chi connectivity index (χ4v) is 3.70. The molecule has 2 heterocycles. The summed E-state index contributed by atoms with van der Waals surface area (Å²) in [5.41, 5.74) is 0.889. The zero-order valence-electron chi connectivity index (χ0n) is 13.3. The van der Waals surface area contributed by atoms with Crippen LogP contribution < -0.4 is 14.8 Å². The molecule has 0 saturated heterocycles. The molecular weight excluding hydrogens is 326 g/mol. The molecule has 7 heteroatoms. The van der Waals surface area contributed by atoms with Gasteiger partial charge in [0, 0.05) is 12.3 Å². The summed E-state index contributed by atoms with van der Waals surface area (Å²) in [5, 5.41) is 12.7. The maximum absolute atomic E-state index is 12.2. The highest BCUT2D eigenvalue weighted by Gasteiger charge is 2.23. The lowest BCUT2D eigenvalue weighted by Crippen LogP contribution is -2.14. The molecule has 6 nitrogen and oxygen atoms in total. The first-order valence-electron chi connectivity index (χ1n) is 8.30. The lowest BCUT2D eigenvalue weighted by atomic mass is 9.86. The fraction of sp³-hybridized carbons (Fsp3) is 0.471. The van der Waals surface area contributed by atoms with Crippen LogP contribution in [0.4, 0.5) is 5.13 Å². The van der Waals surface area contributed by atoms with Crippen molar-refractivity contribution in [3.63, 3.8) is 0 Å². The van der Waals surface area contributed by atoms with E-state index in [0.717, 1.165) is 22.7 Å². The Morgan fingerprint density at radius 1 is 1.17 bits per heavy atom. The van der Waals surface area contributed by atoms with E-state index >= 15 is 0 Å². The van der Waals surface area contributed by atoms with Crippen molar-refractivity contribution in [2.24, 2.45) is 0 Å².